The van der Waals surface area contributed by atoms with Crippen LogP contribution in [0.25, 0.3) is 11.4 Å². The predicted molar refractivity (Wildman–Crippen MR) is 89.8 cm³/mol. The van der Waals surface area contributed by atoms with Gasteiger partial charge in [-0.25, -0.2) is 14.8 Å². The Hall–Kier alpha value is -2.43. The van der Waals surface area contributed by atoms with E-state index in [1.807, 2.05) is 31.2 Å². The van der Waals surface area contributed by atoms with Crippen molar-refractivity contribution in [1.82, 2.24) is 9.97 Å². The van der Waals surface area contributed by atoms with Crippen molar-refractivity contribution < 1.29 is 9.90 Å². The number of benzene rings is 1. The van der Waals surface area contributed by atoms with Crippen molar-refractivity contribution in [3.8, 4) is 11.4 Å². The third kappa shape index (κ3) is 3.18. The number of nitrogens with zero attached hydrogens (tertiary/aromatic N) is 3. The molecule has 0 bridgehead atoms. The molecule has 2 aromatic rings. The van der Waals surface area contributed by atoms with Crippen LogP contribution in [0, 0.1) is 6.92 Å². The smallest absolute Gasteiger partial charge is 0.341 e. The number of hydrogen-bond acceptors (Lipinski definition) is 4. The van der Waals surface area contributed by atoms with E-state index in [0.717, 1.165) is 24.9 Å². The van der Waals surface area contributed by atoms with E-state index in [1.165, 1.54) is 18.2 Å². The number of rotatable bonds is 3. The Bertz CT molecular complexity index is 713. The molecule has 1 saturated heterocycles. The molecule has 0 saturated carbocycles. The Labute approximate surface area is 136 Å². The predicted octanol–water partition coefficient (Wildman–Crippen LogP) is 3.53. The molecule has 1 aromatic carbocycles. The van der Waals surface area contributed by atoms with Gasteiger partial charge < -0.3 is 10.0 Å². The molecular formula is C18H21N3O2. The Kier molecular flexibility index (Phi) is 4.28. The first-order valence-corrected chi connectivity index (χ1v) is 8.00. The number of aromatic carboxylic acids is 1. The summed E-state index contributed by atoms with van der Waals surface area (Å²) >= 11 is 0. The van der Waals surface area contributed by atoms with Crippen molar-refractivity contribution in [3.05, 3.63) is 41.6 Å². The molecule has 0 amide bonds. The van der Waals surface area contributed by atoms with E-state index in [2.05, 4.69) is 21.8 Å². The lowest BCUT2D eigenvalue weighted by Gasteiger charge is -2.35. The second-order valence-corrected chi connectivity index (χ2v) is 6.14. The van der Waals surface area contributed by atoms with E-state index in [0.29, 0.717) is 17.7 Å². The fourth-order valence-corrected chi connectivity index (χ4v) is 3.00. The van der Waals surface area contributed by atoms with Gasteiger partial charge in [-0.2, -0.15) is 0 Å². The molecule has 1 aliphatic rings. The molecule has 1 atom stereocenters. The monoisotopic (exact) mass is 311 g/mol. The molecule has 23 heavy (non-hydrogen) atoms. The number of carboxylic acid groups (broad SMARTS) is 1. The summed E-state index contributed by atoms with van der Waals surface area (Å²) in [5.41, 5.74) is 2.24. The Morgan fingerprint density at radius 2 is 2.00 bits per heavy atom. The van der Waals surface area contributed by atoms with E-state index < -0.39 is 5.97 Å². The van der Waals surface area contributed by atoms with E-state index in [-0.39, 0.29) is 5.56 Å². The molecule has 0 aliphatic carbocycles. The van der Waals surface area contributed by atoms with Crippen LogP contribution in [-0.4, -0.2) is 33.6 Å². The largest absolute Gasteiger partial charge is 0.477 e. The maximum atomic E-state index is 11.6. The molecule has 3 rings (SSSR count). The zero-order valence-electron chi connectivity index (χ0n) is 13.5. The topological polar surface area (TPSA) is 66.3 Å². The summed E-state index contributed by atoms with van der Waals surface area (Å²) in [4.78, 5) is 22.5. The van der Waals surface area contributed by atoms with Gasteiger partial charge in [-0.05, 0) is 33.1 Å². The molecule has 5 nitrogen and oxygen atoms in total. The average molecular weight is 311 g/mol. The van der Waals surface area contributed by atoms with Crippen LogP contribution >= 0.6 is 0 Å². The Morgan fingerprint density at radius 3 is 2.65 bits per heavy atom. The van der Waals surface area contributed by atoms with Crippen LogP contribution in [0.1, 0.15) is 42.1 Å². The second-order valence-electron chi connectivity index (χ2n) is 6.14. The second kappa shape index (κ2) is 6.36. The number of anilines is 1. The van der Waals surface area contributed by atoms with Gasteiger partial charge in [0.05, 0.1) is 0 Å². The van der Waals surface area contributed by atoms with Crippen LogP contribution in [0.15, 0.2) is 30.5 Å². The first-order chi connectivity index (χ1) is 11.1. The lowest BCUT2D eigenvalue weighted by Crippen LogP contribution is -2.39. The third-order valence-corrected chi connectivity index (χ3v) is 4.38. The molecule has 0 radical (unpaired) electrons. The van der Waals surface area contributed by atoms with Crippen LogP contribution in [0.4, 0.5) is 5.82 Å². The van der Waals surface area contributed by atoms with E-state index in [1.54, 1.807) is 0 Å². The highest BCUT2D eigenvalue weighted by Crippen LogP contribution is 2.28. The Morgan fingerprint density at radius 1 is 1.26 bits per heavy atom. The number of aryl methyl sites for hydroxylation is 1. The minimum atomic E-state index is -0.978. The lowest BCUT2D eigenvalue weighted by molar-refractivity contribution is 0.0696. The van der Waals surface area contributed by atoms with Crippen LogP contribution in [0.5, 0.6) is 0 Å². The fraction of sp³-hybridized carbons (Fsp3) is 0.389. The summed E-state index contributed by atoms with van der Waals surface area (Å²) in [6.07, 6.45) is 4.73. The number of carboxylic acids is 1. The summed E-state index contributed by atoms with van der Waals surface area (Å²) in [7, 11) is 0. The number of aromatic nitrogens is 2. The maximum absolute atomic E-state index is 11.6. The van der Waals surface area contributed by atoms with Gasteiger partial charge in [0.2, 0.25) is 0 Å². The van der Waals surface area contributed by atoms with Crippen molar-refractivity contribution in [3.63, 3.8) is 0 Å². The van der Waals surface area contributed by atoms with Crippen LogP contribution < -0.4 is 4.90 Å². The van der Waals surface area contributed by atoms with Gasteiger partial charge in [-0.1, -0.05) is 29.8 Å². The molecule has 2 heterocycles. The molecule has 1 unspecified atom stereocenters. The molecule has 1 aromatic heterocycles. The molecule has 1 fully saturated rings. The quantitative estimate of drug-likeness (QED) is 0.939. The van der Waals surface area contributed by atoms with Gasteiger partial charge in [0.1, 0.15) is 11.4 Å². The van der Waals surface area contributed by atoms with Crippen molar-refractivity contribution in [2.24, 2.45) is 0 Å². The number of carbonyl (C=O) groups is 1. The summed E-state index contributed by atoms with van der Waals surface area (Å²) < 4.78 is 0. The molecule has 1 aliphatic heterocycles. The van der Waals surface area contributed by atoms with Crippen LogP contribution in [-0.2, 0) is 0 Å². The average Bonchev–Trinajstić information content (AvgIpc) is 2.55. The van der Waals surface area contributed by atoms with Gasteiger partial charge in [0.15, 0.2) is 5.82 Å². The zero-order valence-corrected chi connectivity index (χ0v) is 13.5. The van der Waals surface area contributed by atoms with Crippen molar-refractivity contribution >= 4 is 11.8 Å². The lowest BCUT2D eigenvalue weighted by atomic mass is 10.0. The highest BCUT2D eigenvalue weighted by Gasteiger charge is 2.25. The third-order valence-electron chi connectivity index (χ3n) is 4.38. The van der Waals surface area contributed by atoms with Gasteiger partial charge in [0.25, 0.3) is 0 Å². The van der Waals surface area contributed by atoms with Crippen LogP contribution in [0.3, 0.4) is 0 Å². The summed E-state index contributed by atoms with van der Waals surface area (Å²) in [6, 6.07) is 8.24. The zero-order chi connectivity index (χ0) is 16.4. The standard InChI is InChI=1S/C18H21N3O2/c1-12-6-8-14(9-7-12)16-19-11-15(18(22)23)17(20-16)21-10-4-3-5-13(21)2/h6-9,11,13H,3-5,10H2,1-2H3,(H,22,23). The highest BCUT2D eigenvalue weighted by atomic mass is 16.4. The maximum Gasteiger partial charge on any atom is 0.341 e. The minimum Gasteiger partial charge on any atom is -0.477 e. The van der Waals surface area contributed by atoms with Crippen LogP contribution in [0.2, 0.25) is 0 Å². The van der Waals surface area contributed by atoms with Gasteiger partial charge in [0, 0.05) is 24.3 Å². The number of piperidine rings is 1. The molecule has 120 valence electrons. The summed E-state index contributed by atoms with van der Waals surface area (Å²) in [5.74, 6) is 0.131. The van der Waals surface area contributed by atoms with Gasteiger partial charge in [-0.15, -0.1) is 0 Å². The van der Waals surface area contributed by atoms with Crippen molar-refractivity contribution in [2.45, 2.75) is 39.2 Å². The van der Waals surface area contributed by atoms with Crippen molar-refractivity contribution in [1.29, 1.82) is 0 Å². The van der Waals surface area contributed by atoms with E-state index in [4.69, 9.17) is 0 Å². The fourth-order valence-electron chi connectivity index (χ4n) is 3.00. The SMILES string of the molecule is Cc1ccc(-c2ncc(C(=O)O)c(N3CCCCC3C)n2)cc1. The van der Waals surface area contributed by atoms with Gasteiger partial charge >= 0.3 is 5.97 Å². The summed E-state index contributed by atoms with van der Waals surface area (Å²) in [5, 5.41) is 9.47. The van der Waals surface area contributed by atoms with Crippen molar-refractivity contribution in [2.75, 3.05) is 11.4 Å². The first-order valence-electron chi connectivity index (χ1n) is 8.00. The Balaban J connectivity index is 2.06. The van der Waals surface area contributed by atoms with Gasteiger partial charge in [-0.3, -0.25) is 0 Å². The van der Waals surface area contributed by atoms with E-state index in [9.17, 15) is 9.90 Å². The summed E-state index contributed by atoms with van der Waals surface area (Å²) in [6.45, 7) is 4.99. The highest BCUT2D eigenvalue weighted by molar-refractivity contribution is 5.93. The molecular weight excluding hydrogens is 290 g/mol. The molecule has 1 N–H and O–H groups in total. The van der Waals surface area contributed by atoms with E-state index >= 15 is 0 Å². The first kappa shape index (κ1) is 15.5. The molecule has 5 heteroatoms. The normalized spacial score (nSPS) is 18.0. The molecule has 0 spiro atoms. The minimum absolute atomic E-state index is 0.176. The number of hydrogen-bond donors (Lipinski definition) is 1.